The van der Waals surface area contributed by atoms with Gasteiger partial charge in [0.1, 0.15) is 0 Å². The van der Waals surface area contributed by atoms with Crippen molar-refractivity contribution < 1.29 is 9.90 Å². The molecule has 0 aliphatic heterocycles. The summed E-state index contributed by atoms with van der Waals surface area (Å²) in [4.78, 5) is 11.8. The number of aryl methyl sites for hydroxylation is 1. The molecule has 0 heterocycles. The Balaban J connectivity index is 2.94. The molecule has 0 spiro atoms. The number of aliphatic hydroxyl groups is 1. The van der Waals surface area contributed by atoms with Crippen molar-refractivity contribution in [2.75, 3.05) is 6.61 Å². The van der Waals surface area contributed by atoms with E-state index in [1.165, 1.54) is 0 Å². The van der Waals surface area contributed by atoms with Gasteiger partial charge in [-0.2, -0.15) is 0 Å². The maximum atomic E-state index is 11.8. The molecule has 0 aromatic heterocycles. The number of rotatable bonds is 3. The number of hydrogen-bond acceptors (Lipinski definition) is 2. The highest BCUT2D eigenvalue weighted by Gasteiger charge is 2.08. The smallest absolute Gasteiger partial charge is 0.251 e. The van der Waals surface area contributed by atoms with Crippen LogP contribution in [0.25, 0.3) is 0 Å². The molecular weight excluding hydrogens is 226 g/mol. The summed E-state index contributed by atoms with van der Waals surface area (Å²) in [7, 11) is 0. The fraction of sp³-hybridized carbons (Fsp3) is 0.400. The lowest BCUT2D eigenvalue weighted by Gasteiger charge is -2.09. The summed E-state index contributed by atoms with van der Waals surface area (Å²) < 4.78 is 0. The van der Waals surface area contributed by atoms with Crippen molar-refractivity contribution in [3.05, 3.63) is 34.9 Å². The summed E-state index contributed by atoms with van der Waals surface area (Å²) in [5, 5.41) is 11.5. The highest BCUT2D eigenvalue weighted by atomic mass is 16.2. The highest BCUT2D eigenvalue weighted by molar-refractivity contribution is 5.94. The van der Waals surface area contributed by atoms with E-state index in [-0.39, 0.29) is 18.6 Å². The van der Waals surface area contributed by atoms with Gasteiger partial charge >= 0.3 is 0 Å². The number of amides is 1. The lowest BCUT2D eigenvalue weighted by Crippen LogP contribution is -2.30. The fourth-order valence-electron chi connectivity index (χ4n) is 1.46. The van der Waals surface area contributed by atoms with Crippen LogP contribution in [0.4, 0.5) is 0 Å². The minimum Gasteiger partial charge on any atom is -0.395 e. The third kappa shape index (κ3) is 4.23. The topological polar surface area (TPSA) is 49.3 Å². The van der Waals surface area contributed by atoms with Crippen molar-refractivity contribution in [3.8, 4) is 11.8 Å². The SMILES string of the molecule is Cc1ccc(C(=O)NC(C)C)cc1C#CCCO. The van der Waals surface area contributed by atoms with E-state index >= 15 is 0 Å². The minimum absolute atomic E-state index is 0.0551. The fourth-order valence-corrected chi connectivity index (χ4v) is 1.46. The Morgan fingerprint density at radius 3 is 2.78 bits per heavy atom. The number of hydrogen-bond donors (Lipinski definition) is 2. The van der Waals surface area contributed by atoms with Gasteiger partial charge in [0, 0.05) is 23.6 Å². The molecule has 0 saturated carbocycles. The van der Waals surface area contributed by atoms with Gasteiger partial charge in [0.05, 0.1) is 6.61 Å². The van der Waals surface area contributed by atoms with Crippen LogP contribution in [0, 0.1) is 18.8 Å². The molecule has 1 rings (SSSR count). The molecule has 1 aromatic carbocycles. The zero-order chi connectivity index (χ0) is 13.5. The number of carbonyl (C=O) groups excluding carboxylic acids is 1. The maximum Gasteiger partial charge on any atom is 0.251 e. The first-order valence-corrected chi connectivity index (χ1v) is 6.06. The maximum absolute atomic E-state index is 11.8. The van der Waals surface area contributed by atoms with Crippen LogP contribution in [-0.4, -0.2) is 23.7 Å². The Hall–Kier alpha value is -1.79. The zero-order valence-electron chi connectivity index (χ0n) is 11.1. The van der Waals surface area contributed by atoms with E-state index in [2.05, 4.69) is 17.2 Å². The molecule has 0 fully saturated rings. The Morgan fingerprint density at radius 2 is 2.17 bits per heavy atom. The van der Waals surface area contributed by atoms with Gasteiger partial charge in [0.2, 0.25) is 0 Å². The molecule has 1 aromatic rings. The van der Waals surface area contributed by atoms with Crippen LogP contribution in [0.1, 0.15) is 41.8 Å². The van der Waals surface area contributed by atoms with Gasteiger partial charge in [-0.25, -0.2) is 0 Å². The molecule has 2 N–H and O–H groups in total. The van der Waals surface area contributed by atoms with Gasteiger partial charge in [-0.05, 0) is 38.5 Å². The Bertz CT molecular complexity index is 481. The van der Waals surface area contributed by atoms with Crippen LogP contribution in [0.15, 0.2) is 18.2 Å². The summed E-state index contributed by atoms with van der Waals surface area (Å²) in [6, 6.07) is 5.59. The predicted octanol–water partition coefficient (Wildman–Crippen LogP) is 1.87. The quantitative estimate of drug-likeness (QED) is 0.799. The van der Waals surface area contributed by atoms with Crippen LogP contribution in [0.3, 0.4) is 0 Å². The van der Waals surface area contributed by atoms with Crippen LogP contribution < -0.4 is 5.32 Å². The van der Waals surface area contributed by atoms with Crippen molar-refractivity contribution in [1.29, 1.82) is 0 Å². The van der Waals surface area contributed by atoms with E-state index in [0.29, 0.717) is 12.0 Å². The second-order valence-electron chi connectivity index (χ2n) is 4.43. The number of carbonyl (C=O) groups is 1. The minimum atomic E-state index is -0.0878. The molecule has 0 aliphatic carbocycles. The van der Waals surface area contributed by atoms with E-state index in [1.807, 2.05) is 26.8 Å². The molecule has 18 heavy (non-hydrogen) atoms. The van der Waals surface area contributed by atoms with E-state index in [0.717, 1.165) is 11.1 Å². The van der Waals surface area contributed by atoms with Gasteiger partial charge in [0.15, 0.2) is 0 Å². The van der Waals surface area contributed by atoms with Gasteiger partial charge < -0.3 is 10.4 Å². The molecule has 3 nitrogen and oxygen atoms in total. The molecule has 96 valence electrons. The Labute approximate surface area is 108 Å². The number of nitrogens with one attached hydrogen (secondary N) is 1. The molecule has 1 amide bonds. The van der Waals surface area contributed by atoms with Crippen molar-refractivity contribution in [2.45, 2.75) is 33.2 Å². The summed E-state index contributed by atoms with van der Waals surface area (Å²) in [6.07, 6.45) is 0.446. The van der Waals surface area contributed by atoms with Crippen molar-refractivity contribution in [1.82, 2.24) is 5.32 Å². The highest BCUT2D eigenvalue weighted by Crippen LogP contribution is 2.10. The van der Waals surface area contributed by atoms with Crippen LogP contribution in [0.2, 0.25) is 0 Å². The number of aliphatic hydroxyl groups excluding tert-OH is 1. The molecule has 3 heteroatoms. The molecule has 0 atom stereocenters. The summed E-state index contributed by atoms with van der Waals surface area (Å²) in [5.74, 6) is 5.75. The normalized spacial score (nSPS) is 9.83. The molecule has 0 saturated heterocycles. The zero-order valence-corrected chi connectivity index (χ0v) is 11.1. The average molecular weight is 245 g/mol. The van der Waals surface area contributed by atoms with Crippen molar-refractivity contribution >= 4 is 5.91 Å². The van der Waals surface area contributed by atoms with Gasteiger partial charge in [-0.15, -0.1) is 0 Å². The van der Waals surface area contributed by atoms with Crippen LogP contribution in [-0.2, 0) is 0 Å². The van der Waals surface area contributed by atoms with Crippen LogP contribution >= 0.6 is 0 Å². The van der Waals surface area contributed by atoms with Gasteiger partial charge in [-0.3, -0.25) is 4.79 Å². The lowest BCUT2D eigenvalue weighted by atomic mass is 10.0. The third-order valence-electron chi connectivity index (χ3n) is 2.38. The summed E-state index contributed by atoms with van der Waals surface area (Å²) in [5.41, 5.74) is 2.48. The van der Waals surface area contributed by atoms with Crippen LogP contribution in [0.5, 0.6) is 0 Å². The largest absolute Gasteiger partial charge is 0.395 e. The number of benzene rings is 1. The Morgan fingerprint density at radius 1 is 1.44 bits per heavy atom. The second kappa shape index (κ2) is 6.83. The predicted molar refractivity (Wildman–Crippen MR) is 72.4 cm³/mol. The monoisotopic (exact) mass is 245 g/mol. The first-order chi connectivity index (χ1) is 8.54. The second-order valence-corrected chi connectivity index (χ2v) is 4.43. The summed E-state index contributed by atoms with van der Waals surface area (Å²) >= 11 is 0. The van der Waals surface area contributed by atoms with Crippen molar-refractivity contribution in [3.63, 3.8) is 0 Å². The van der Waals surface area contributed by atoms with E-state index < -0.39 is 0 Å². The molecular formula is C15H19NO2. The molecule has 0 bridgehead atoms. The first-order valence-electron chi connectivity index (χ1n) is 6.06. The Kier molecular flexibility index (Phi) is 5.41. The first kappa shape index (κ1) is 14.3. The van der Waals surface area contributed by atoms with Gasteiger partial charge in [-0.1, -0.05) is 17.9 Å². The van der Waals surface area contributed by atoms with E-state index in [4.69, 9.17) is 5.11 Å². The average Bonchev–Trinajstić information content (AvgIpc) is 2.30. The molecule has 0 unspecified atom stereocenters. The molecule has 0 radical (unpaired) electrons. The standard InChI is InChI=1S/C15H19NO2/c1-11(2)16-15(18)14-8-7-12(3)13(10-14)6-4-5-9-17/h7-8,10-11,17H,5,9H2,1-3H3,(H,16,18). The van der Waals surface area contributed by atoms with Gasteiger partial charge in [0.25, 0.3) is 5.91 Å². The third-order valence-corrected chi connectivity index (χ3v) is 2.38. The van der Waals surface area contributed by atoms with E-state index in [9.17, 15) is 4.79 Å². The lowest BCUT2D eigenvalue weighted by molar-refractivity contribution is 0.0943. The van der Waals surface area contributed by atoms with Crippen molar-refractivity contribution in [2.24, 2.45) is 0 Å². The van der Waals surface area contributed by atoms with E-state index in [1.54, 1.807) is 12.1 Å². The summed E-state index contributed by atoms with van der Waals surface area (Å²) in [6.45, 7) is 5.86. The molecule has 0 aliphatic rings.